The van der Waals surface area contributed by atoms with Gasteiger partial charge in [-0.1, -0.05) is 24.3 Å². The Kier molecular flexibility index (Phi) is 7.11. The number of para-hydroxylation sites is 1. The molecule has 1 N–H and O–H groups in total. The Hall–Kier alpha value is -1.62. The van der Waals surface area contributed by atoms with Crippen LogP contribution in [0.4, 0.5) is 11.5 Å². The predicted molar refractivity (Wildman–Crippen MR) is 115 cm³/mol. The maximum atomic E-state index is 4.68. The van der Waals surface area contributed by atoms with Crippen LogP contribution in [0.2, 0.25) is 0 Å². The SMILES string of the molecule is CN(c1ccccc1)c1ccc(CN2CCC(NCC3CC3)CC2)cn1.Cl. The maximum absolute atomic E-state index is 4.68. The molecule has 0 atom stereocenters. The van der Waals surface area contributed by atoms with Gasteiger partial charge in [0.05, 0.1) is 0 Å². The van der Waals surface area contributed by atoms with Gasteiger partial charge in [0, 0.05) is 31.5 Å². The summed E-state index contributed by atoms with van der Waals surface area (Å²) < 4.78 is 0. The van der Waals surface area contributed by atoms with E-state index in [9.17, 15) is 0 Å². The molecule has 1 aliphatic heterocycles. The zero-order valence-corrected chi connectivity index (χ0v) is 17.0. The van der Waals surface area contributed by atoms with Crippen molar-refractivity contribution in [2.45, 2.75) is 38.3 Å². The zero-order valence-electron chi connectivity index (χ0n) is 16.2. The molecule has 0 bridgehead atoms. The van der Waals surface area contributed by atoms with Crippen LogP contribution in [0, 0.1) is 5.92 Å². The largest absolute Gasteiger partial charge is 0.329 e. The van der Waals surface area contributed by atoms with Gasteiger partial charge in [-0.05, 0) is 75.0 Å². The van der Waals surface area contributed by atoms with Gasteiger partial charge in [-0.3, -0.25) is 4.90 Å². The van der Waals surface area contributed by atoms with E-state index in [2.05, 4.69) is 63.5 Å². The second-order valence-corrected chi connectivity index (χ2v) is 7.82. The quantitative estimate of drug-likeness (QED) is 0.771. The molecule has 1 aromatic heterocycles. The summed E-state index contributed by atoms with van der Waals surface area (Å²) in [5, 5.41) is 3.76. The van der Waals surface area contributed by atoms with Crippen molar-refractivity contribution < 1.29 is 0 Å². The highest BCUT2D eigenvalue weighted by Crippen LogP contribution is 2.28. The van der Waals surface area contributed by atoms with E-state index in [0.29, 0.717) is 0 Å². The smallest absolute Gasteiger partial charge is 0.132 e. The number of anilines is 2. The van der Waals surface area contributed by atoms with Crippen LogP contribution in [-0.4, -0.2) is 42.6 Å². The molecular formula is C22H31ClN4. The Morgan fingerprint density at radius 2 is 1.78 bits per heavy atom. The van der Waals surface area contributed by atoms with E-state index >= 15 is 0 Å². The number of aromatic nitrogens is 1. The second-order valence-electron chi connectivity index (χ2n) is 7.82. The number of hydrogen-bond acceptors (Lipinski definition) is 4. The number of halogens is 1. The minimum absolute atomic E-state index is 0. The van der Waals surface area contributed by atoms with Crippen molar-refractivity contribution in [2.75, 3.05) is 31.6 Å². The molecule has 0 amide bonds. The lowest BCUT2D eigenvalue weighted by Crippen LogP contribution is -2.42. The second kappa shape index (κ2) is 9.54. The Morgan fingerprint density at radius 3 is 2.41 bits per heavy atom. The minimum atomic E-state index is 0. The van der Waals surface area contributed by atoms with Crippen molar-refractivity contribution in [1.82, 2.24) is 15.2 Å². The molecule has 1 saturated carbocycles. The van der Waals surface area contributed by atoms with Crippen LogP contribution in [0.3, 0.4) is 0 Å². The van der Waals surface area contributed by atoms with Gasteiger partial charge < -0.3 is 10.2 Å². The van der Waals surface area contributed by atoms with E-state index in [1.807, 2.05) is 12.3 Å². The van der Waals surface area contributed by atoms with E-state index in [1.165, 1.54) is 50.9 Å². The normalized spacial score (nSPS) is 18.1. The molecular weight excluding hydrogens is 356 g/mol. The number of rotatable bonds is 7. The van der Waals surface area contributed by atoms with Gasteiger partial charge in [0.15, 0.2) is 0 Å². The summed E-state index contributed by atoms with van der Waals surface area (Å²) in [6.07, 6.45) is 7.46. The van der Waals surface area contributed by atoms with Gasteiger partial charge in [-0.15, -0.1) is 12.4 Å². The maximum Gasteiger partial charge on any atom is 0.132 e. The van der Waals surface area contributed by atoms with Crippen LogP contribution < -0.4 is 10.2 Å². The molecule has 4 rings (SSSR count). The lowest BCUT2D eigenvalue weighted by molar-refractivity contribution is 0.190. The average Bonchev–Trinajstić information content (AvgIpc) is 3.53. The lowest BCUT2D eigenvalue weighted by Gasteiger charge is -2.32. The van der Waals surface area contributed by atoms with Crippen LogP contribution in [0.5, 0.6) is 0 Å². The fourth-order valence-corrected chi connectivity index (χ4v) is 3.70. The molecule has 1 aliphatic carbocycles. The van der Waals surface area contributed by atoms with Crippen LogP contribution >= 0.6 is 12.4 Å². The van der Waals surface area contributed by atoms with E-state index in [0.717, 1.165) is 30.0 Å². The highest BCUT2D eigenvalue weighted by atomic mass is 35.5. The first-order chi connectivity index (χ1) is 12.8. The predicted octanol–water partition coefficient (Wildman–Crippen LogP) is 4.24. The van der Waals surface area contributed by atoms with E-state index in [4.69, 9.17) is 0 Å². The summed E-state index contributed by atoms with van der Waals surface area (Å²) in [6, 6.07) is 15.5. The molecule has 2 fully saturated rings. The molecule has 2 aliphatic rings. The van der Waals surface area contributed by atoms with Gasteiger partial charge in [0.2, 0.25) is 0 Å². The Bertz CT molecular complexity index is 679. The lowest BCUT2D eigenvalue weighted by atomic mass is 10.0. The number of hydrogen-bond donors (Lipinski definition) is 1. The molecule has 1 saturated heterocycles. The van der Waals surface area contributed by atoms with Gasteiger partial charge in [-0.2, -0.15) is 0 Å². The third-order valence-electron chi connectivity index (χ3n) is 5.68. The summed E-state index contributed by atoms with van der Waals surface area (Å²) in [4.78, 5) is 9.37. The first-order valence-corrected chi connectivity index (χ1v) is 9.97. The van der Waals surface area contributed by atoms with Crippen LogP contribution in [0.15, 0.2) is 48.7 Å². The first-order valence-electron chi connectivity index (χ1n) is 9.97. The number of likely N-dealkylation sites (tertiary alicyclic amines) is 1. The van der Waals surface area contributed by atoms with Gasteiger partial charge >= 0.3 is 0 Å². The number of pyridine rings is 1. The summed E-state index contributed by atoms with van der Waals surface area (Å²) in [6.45, 7) is 4.63. The average molecular weight is 387 g/mol. The minimum Gasteiger partial charge on any atom is -0.329 e. The molecule has 27 heavy (non-hydrogen) atoms. The Morgan fingerprint density at radius 1 is 1.04 bits per heavy atom. The first kappa shape index (κ1) is 20.1. The van der Waals surface area contributed by atoms with Crippen molar-refractivity contribution in [2.24, 2.45) is 5.92 Å². The molecule has 4 nitrogen and oxygen atoms in total. The van der Waals surface area contributed by atoms with Crippen molar-refractivity contribution in [1.29, 1.82) is 0 Å². The molecule has 0 spiro atoms. The summed E-state index contributed by atoms with van der Waals surface area (Å²) in [5.74, 6) is 1.97. The Labute approximate surface area is 169 Å². The van der Waals surface area contributed by atoms with Crippen LogP contribution in [-0.2, 0) is 6.54 Å². The van der Waals surface area contributed by atoms with Gasteiger partial charge in [0.1, 0.15) is 5.82 Å². The highest BCUT2D eigenvalue weighted by molar-refractivity contribution is 5.85. The third kappa shape index (κ3) is 5.68. The van der Waals surface area contributed by atoms with E-state index < -0.39 is 0 Å². The van der Waals surface area contributed by atoms with E-state index in [-0.39, 0.29) is 12.4 Å². The van der Waals surface area contributed by atoms with Gasteiger partial charge in [-0.25, -0.2) is 4.98 Å². The topological polar surface area (TPSA) is 31.4 Å². The van der Waals surface area contributed by atoms with Crippen molar-refractivity contribution in [3.8, 4) is 0 Å². The number of piperidine rings is 1. The number of nitrogens with zero attached hydrogens (tertiary/aromatic N) is 3. The summed E-state index contributed by atoms with van der Waals surface area (Å²) in [7, 11) is 2.07. The standard InChI is InChI=1S/C22H30N4.ClH/c1-25(21-5-3-2-4-6-21)22-10-9-19(16-24-22)17-26-13-11-20(12-14-26)23-15-18-7-8-18;/h2-6,9-10,16,18,20,23H,7-8,11-15,17H2,1H3;1H. The van der Waals surface area contributed by atoms with Crippen molar-refractivity contribution in [3.05, 3.63) is 54.2 Å². The monoisotopic (exact) mass is 386 g/mol. The summed E-state index contributed by atoms with van der Waals surface area (Å²) in [5.41, 5.74) is 2.47. The van der Waals surface area contributed by atoms with Crippen molar-refractivity contribution in [3.63, 3.8) is 0 Å². The van der Waals surface area contributed by atoms with Crippen LogP contribution in [0.1, 0.15) is 31.2 Å². The zero-order chi connectivity index (χ0) is 17.8. The van der Waals surface area contributed by atoms with Gasteiger partial charge in [0.25, 0.3) is 0 Å². The highest BCUT2D eigenvalue weighted by Gasteiger charge is 2.24. The number of benzene rings is 1. The fraction of sp³-hybridized carbons (Fsp3) is 0.500. The van der Waals surface area contributed by atoms with Crippen LogP contribution in [0.25, 0.3) is 0 Å². The molecule has 0 unspecified atom stereocenters. The fourth-order valence-electron chi connectivity index (χ4n) is 3.70. The molecule has 5 heteroatoms. The molecule has 2 heterocycles. The molecule has 2 aromatic rings. The van der Waals surface area contributed by atoms with E-state index in [1.54, 1.807) is 0 Å². The van der Waals surface area contributed by atoms with Crippen molar-refractivity contribution >= 4 is 23.9 Å². The molecule has 1 aromatic carbocycles. The molecule has 146 valence electrons. The third-order valence-corrected chi connectivity index (χ3v) is 5.68. The Balaban J connectivity index is 0.00000210. The summed E-state index contributed by atoms with van der Waals surface area (Å²) >= 11 is 0. The number of nitrogens with one attached hydrogen (secondary N) is 1. The molecule has 0 radical (unpaired) electrons.